The Kier molecular flexibility index (Phi) is 3.65. The predicted octanol–water partition coefficient (Wildman–Crippen LogP) is 3.58. The third kappa shape index (κ3) is 2.42. The van der Waals surface area contributed by atoms with Crippen LogP contribution in [0.5, 0.6) is 17.4 Å². The molecule has 0 saturated heterocycles. The Hall–Kier alpha value is -3.28. The molecule has 4 aromatic rings. The van der Waals surface area contributed by atoms with Gasteiger partial charge in [-0.2, -0.15) is 0 Å². The second kappa shape index (κ2) is 5.98. The van der Waals surface area contributed by atoms with Crippen LogP contribution < -0.4 is 14.2 Å². The molecule has 4 rings (SSSR count). The second-order valence-electron chi connectivity index (χ2n) is 5.50. The summed E-state index contributed by atoms with van der Waals surface area (Å²) < 4.78 is 18.2. The van der Waals surface area contributed by atoms with Gasteiger partial charge < -0.3 is 14.2 Å². The first kappa shape index (κ1) is 15.3. The summed E-state index contributed by atoms with van der Waals surface area (Å²) in [6.45, 7) is 0. The maximum atomic E-state index is 5.51. The number of ether oxygens (including phenoxy) is 3. The lowest BCUT2D eigenvalue weighted by Crippen LogP contribution is -1.96. The van der Waals surface area contributed by atoms with Gasteiger partial charge in [-0.1, -0.05) is 12.1 Å². The van der Waals surface area contributed by atoms with Crippen molar-refractivity contribution in [3.63, 3.8) is 0 Å². The highest BCUT2D eigenvalue weighted by molar-refractivity contribution is 5.82. The highest BCUT2D eigenvalue weighted by Crippen LogP contribution is 2.34. The number of methoxy groups -OCH3 is 3. The Morgan fingerprint density at radius 2 is 1.72 bits per heavy atom. The predicted molar refractivity (Wildman–Crippen MR) is 95.6 cm³/mol. The average Bonchev–Trinajstić information content (AvgIpc) is 3.12. The van der Waals surface area contributed by atoms with E-state index in [1.165, 1.54) is 0 Å². The van der Waals surface area contributed by atoms with Crippen LogP contribution in [-0.4, -0.2) is 35.7 Å². The topological polar surface area (TPSA) is 57.9 Å². The van der Waals surface area contributed by atoms with Crippen molar-refractivity contribution < 1.29 is 14.2 Å². The van der Waals surface area contributed by atoms with Crippen LogP contribution in [0.25, 0.3) is 27.9 Å². The minimum atomic E-state index is 0.484. The van der Waals surface area contributed by atoms with Crippen LogP contribution in [0.4, 0.5) is 0 Å². The zero-order valence-electron chi connectivity index (χ0n) is 14.2. The van der Waals surface area contributed by atoms with Crippen molar-refractivity contribution in [2.75, 3.05) is 21.3 Å². The molecule has 25 heavy (non-hydrogen) atoms. The van der Waals surface area contributed by atoms with E-state index >= 15 is 0 Å². The fourth-order valence-electron chi connectivity index (χ4n) is 2.91. The number of rotatable bonds is 4. The summed E-state index contributed by atoms with van der Waals surface area (Å²) >= 11 is 0. The molecule has 6 nitrogen and oxygen atoms in total. The molecule has 6 heteroatoms. The van der Waals surface area contributed by atoms with Crippen molar-refractivity contribution in [3.8, 4) is 28.6 Å². The first-order valence-corrected chi connectivity index (χ1v) is 7.79. The molecule has 0 spiro atoms. The first-order chi connectivity index (χ1) is 12.2. The molecule has 2 heterocycles. The molecule has 0 unspecified atom stereocenters. The van der Waals surface area contributed by atoms with Gasteiger partial charge in [0.25, 0.3) is 5.88 Å². The third-order valence-electron chi connectivity index (χ3n) is 4.14. The van der Waals surface area contributed by atoms with Crippen molar-refractivity contribution >= 4 is 16.7 Å². The zero-order chi connectivity index (χ0) is 17.4. The van der Waals surface area contributed by atoms with E-state index in [0.29, 0.717) is 17.3 Å². The summed E-state index contributed by atoms with van der Waals surface area (Å²) in [6, 6.07) is 13.5. The first-order valence-electron chi connectivity index (χ1n) is 7.79. The van der Waals surface area contributed by atoms with Crippen molar-refractivity contribution in [1.29, 1.82) is 0 Å². The molecule has 0 aliphatic rings. The zero-order valence-corrected chi connectivity index (χ0v) is 14.2. The Bertz CT molecular complexity index is 1070. The van der Waals surface area contributed by atoms with Crippen LogP contribution in [0.3, 0.4) is 0 Å². The Balaban J connectivity index is 2.00. The highest BCUT2D eigenvalue weighted by Gasteiger charge is 2.16. The van der Waals surface area contributed by atoms with Gasteiger partial charge in [-0.15, -0.1) is 0 Å². The monoisotopic (exact) mass is 335 g/mol. The van der Waals surface area contributed by atoms with E-state index in [1.807, 2.05) is 53.1 Å². The quantitative estimate of drug-likeness (QED) is 0.570. The fourth-order valence-corrected chi connectivity index (χ4v) is 2.91. The summed E-state index contributed by atoms with van der Waals surface area (Å²) in [5.74, 6) is 1.91. The number of hydrogen-bond donors (Lipinski definition) is 0. The van der Waals surface area contributed by atoms with Crippen LogP contribution >= 0.6 is 0 Å². The van der Waals surface area contributed by atoms with Gasteiger partial charge in [-0.05, 0) is 24.3 Å². The van der Waals surface area contributed by atoms with Crippen LogP contribution in [0.1, 0.15) is 0 Å². The molecular weight excluding hydrogens is 318 g/mol. The molecule has 0 fully saturated rings. The number of hydrogen-bond acceptors (Lipinski definition) is 5. The van der Waals surface area contributed by atoms with Crippen molar-refractivity contribution in [3.05, 3.63) is 48.7 Å². The van der Waals surface area contributed by atoms with Crippen LogP contribution in [-0.2, 0) is 0 Å². The highest BCUT2D eigenvalue weighted by atomic mass is 16.5. The minimum absolute atomic E-state index is 0.484. The SMILES string of the molecule is COc1ccc(-c2cn3c(n2)c(OC)nc2ccccc23)c(OC)c1. The third-order valence-corrected chi connectivity index (χ3v) is 4.14. The number of benzene rings is 2. The molecule has 0 aliphatic carbocycles. The molecule has 0 atom stereocenters. The van der Waals surface area contributed by atoms with Gasteiger partial charge in [0, 0.05) is 17.8 Å². The molecule has 0 bridgehead atoms. The standard InChI is InChI=1S/C19H17N3O3/c1-23-12-8-9-13(17(10-12)24-2)15-11-22-16-7-5-4-6-14(16)21-19(25-3)18(22)20-15/h4-11H,1-3H3. The normalized spacial score (nSPS) is 11.0. The van der Waals surface area contributed by atoms with Gasteiger partial charge >= 0.3 is 0 Å². The van der Waals surface area contributed by atoms with Gasteiger partial charge in [0.1, 0.15) is 11.5 Å². The van der Waals surface area contributed by atoms with E-state index in [4.69, 9.17) is 19.2 Å². The molecule has 0 radical (unpaired) electrons. The van der Waals surface area contributed by atoms with Crippen LogP contribution in [0, 0.1) is 0 Å². The lowest BCUT2D eigenvalue weighted by molar-refractivity contribution is 0.395. The Morgan fingerprint density at radius 1 is 0.880 bits per heavy atom. The van der Waals surface area contributed by atoms with Crippen LogP contribution in [0.15, 0.2) is 48.7 Å². The maximum absolute atomic E-state index is 5.51. The summed E-state index contributed by atoms with van der Waals surface area (Å²) in [4.78, 5) is 9.26. The van der Waals surface area contributed by atoms with Gasteiger partial charge in [-0.25, -0.2) is 9.97 Å². The fraction of sp³-hybridized carbons (Fsp3) is 0.158. The second-order valence-corrected chi connectivity index (χ2v) is 5.50. The maximum Gasteiger partial charge on any atom is 0.258 e. The van der Waals surface area contributed by atoms with Crippen LogP contribution in [0.2, 0.25) is 0 Å². The Labute approximate surface area is 144 Å². The smallest absolute Gasteiger partial charge is 0.258 e. The van der Waals surface area contributed by atoms with Gasteiger partial charge in [0.2, 0.25) is 5.65 Å². The van der Waals surface area contributed by atoms with E-state index in [2.05, 4.69) is 4.98 Å². The number of aromatic nitrogens is 3. The summed E-state index contributed by atoms with van der Waals surface area (Å²) in [5, 5.41) is 0. The molecule has 2 aromatic heterocycles. The lowest BCUT2D eigenvalue weighted by Gasteiger charge is -2.08. The summed E-state index contributed by atoms with van der Waals surface area (Å²) in [7, 11) is 4.85. The van der Waals surface area contributed by atoms with Crippen molar-refractivity contribution in [2.24, 2.45) is 0 Å². The van der Waals surface area contributed by atoms with Gasteiger partial charge in [0.05, 0.1) is 38.1 Å². The number of imidazole rings is 1. The van der Waals surface area contributed by atoms with Gasteiger partial charge in [-0.3, -0.25) is 4.40 Å². The largest absolute Gasteiger partial charge is 0.497 e. The van der Waals surface area contributed by atoms with E-state index in [0.717, 1.165) is 28.0 Å². The van der Waals surface area contributed by atoms with Crippen molar-refractivity contribution in [2.45, 2.75) is 0 Å². The summed E-state index contributed by atoms with van der Waals surface area (Å²) in [6.07, 6.45) is 1.96. The van der Waals surface area contributed by atoms with Crippen molar-refractivity contribution in [1.82, 2.24) is 14.4 Å². The molecule has 0 saturated carbocycles. The van der Waals surface area contributed by atoms with E-state index in [-0.39, 0.29) is 0 Å². The van der Waals surface area contributed by atoms with E-state index in [1.54, 1.807) is 21.3 Å². The number of nitrogens with zero attached hydrogens (tertiary/aromatic N) is 3. The number of para-hydroxylation sites is 2. The van der Waals surface area contributed by atoms with Gasteiger partial charge in [0.15, 0.2) is 0 Å². The average molecular weight is 335 g/mol. The molecular formula is C19H17N3O3. The molecule has 0 amide bonds. The van der Waals surface area contributed by atoms with E-state index < -0.39 is 0 Å². The lowest BCUT2D eigenvalue weighted by atomic mass is 10.1. The Morgan fingerprint density at radius 3 is 2.48 bits per heavy atom. The molecule has 0 N–H and O–H groups in total. The number of fused-ring (bicyclic) bond motifs is 3. The summed E-state index contributed by atoms with van der Waals surface area (Å²) in [5.41, 5.74) is 4.12. The molecule has 126 valence electrons. The molecule has 2 aromatic carbocycles. The van der Waals surface area contributed by atoms with E-state index in [9.17, 15) is 0 Å². The molecule has 0 aliphatic heterocycles. The minimum Gasteiger partial charge on any atom is -0.497 e.